The van der Waals surface area contributed by atoms with Gasteiger partial charge in [0, 0.05) is 12.5 Å². The van der Waals surface area contributed by atoms with E-state index in [0.717, 1.165) is 22.3 Å². The molecule has 2 aromatic carbocycles. The summed E-state index contributed by atoms with van der Waals surface area (Å²) in [6, 6.07) is 16.2. The molecule has 27 heavy (non-hydrogen) atoms. The lowest BCUT2D eigenvalue weighted by Crippen LogP contribution is -2.57. The van der Waals surface area contributed by atoms with E-state index >= 15 is 0 Å². The monoisotopic (exact) mass is 366 g/mol. The van der Waals surface area contributed by atoms with Crippen molar-refractivity contribution in [2.24, 2.45) is 5.73 Å². The normalized spacial score (nSPS) is 21.4. The number of hydrogen-bond acceptors (Lipinski definition) is 4. The molecule has 0 aromatic heterocycles. The summed E-state index contributed by atoms with van der Waals surface area (Å²) in [5.41, 5.74) is 8.20. The number of benzene rings is 2. The smallest absolute Gasteiger partial charge is 0.409 e. The summed E-state index contributed by atoms with van der Waals surface area (Å²) in [6.45, 7) is 0.517. The van der Waals surface area contributed by atoms with E-state index in [9.17, 15) is 14.7 Å². The van der Waals surface area contributed by atoms with Crippen molar-refractivity contribution in [1.29, 1.82) is 0 Å². The standard InChI is InChI=1S/C21H22N2O4/c22-19(24)21(26)10-5-11-23(13-21)20(25)27-12-18-16-8-3-1-6-14(16)15-7-2-4-9-17(15)18/h1-4,6-9,18,26H,5,10-13H2,(H2,22,24). The van der Waals surface area contributed by atoms with E-state index in [-0.39, 0.29) is 25.5 Å². The molecule has 0 bridgehead atoms. The van der Waals surface area contributed by atoms with Crippen molar-refractivity contribution in [1.82, 2.24) is 4.90 Å². The Hall–Kier alpha value is -2.86. The molecule has 1 aliphatic heterocycles. The predicted molar refractivity (Wildman–Crippen MR) is 100 cm³/mol. The van der Waals surface area contributed by atoms with Crippen LogP contribution < -0.4 is 5.73 Å². The number of piperidine rings is 1. The first-order valence-electron chi connectivity index (χ1n) is 9.12. The highest BCUT2D eigenvalue weighted by Crippen LogP contribution is 2.44. The highest BCUT2D eigenvalue weighted by atomic mass is 16.6. The predicted octanol–water partition coefficient (Wildman–Crippen LogP) is 2.25. The zero-order valence-corrected chi connectivity index (χ0v) is 14.9. The quantitative estimate of drug-likeness (QED) is 0.871. The van der Waals surface area contributed by atoms with Gasteiger partial charge in [-0.25, -0.2) is 4.79 Å². The molecule has 0 saturated carbocycles. The number of nitrogens with zero attached hydrogens (tertiary/aromatic N) is 1. The minimum Gasteiger partial charge on any atom is -0.448 e. The highest BCUT2D eigenvalue weighted by Gasteiger charge is 2.41. The third-order valence-electron chi connectivity index (χ3n) is 5.52. The van der Waals surface area contributed by atoms with Crippen molar-refractivity contribution in [3.63, 3.8) is 0 Å². The van der Waals surface area contributed by atoms with Crippen molar-refractivity contribution < 1.29 is 19.4 Å². The maximum Gasteiger partial charge on any atom is 0.409 e. The van der Waals surface area contributed by atoms with Crippen LogP contribution in [0.2, 0.25) is 0 Å². The zero-order valence-electron chi connectivity index (χ0n) is 14.9. The molecule has 1 heterocycles. The molecule has 3 N–H and O–H groups in total. The first-order chi connectivity index (χ1) is 13.0. The van der Waals surface area contributed by atoms with Crippen LogP contribution in [0.3, 0.4) is 0 Å². The lowest BCUT2D eigenvalue weighted by atomic mass is 9.92. The summed E-state index contributed by atoms with van der Waals surface area (Å²) >= 11 is 0. The number of fused-ring (bicyclic) bond motifs is 3. The van der Waals surface area contributed by atoms with Crippen LogP contribution in [0.15, 0.2) is 48.5 Å². The van der Waals surface area contributed by atoms with E-state index in [1.807, 2.05) is 24.3 Å². The Kier molecular flexibility index (Phi) is 4.36. The molecule has 6 nitrogen and oxygen atoms in total. The average Bonchev–Trinajstić information content (AvgIpc) is 3.00. The fourth-order valence-electron chi connectivity index (χ4n) is 4.08. The van der Waals surface area contributed by atoms with Gasteiger partial charge >= 0.3 is 6.09 Å². The molecule has 2 aromatic rings. The molecular formula is C21H22N2O4. The number of amides is 2. The van der Waals surface area contributed by atoms with Crippen LogP contribution in [0.25, 0.3) is 11.1 Å². The third kappa shape index (κ3) is 3.06. The number of carbonyl (C=O) groups excluding carboxylic acids is 2. The molecule has 1 fully saturated rings. The van der Waals surface area contributed by atoms with Crippen molar-refractivity contribution >= 4 is 12.0 Å². The SMILES string of the molecule is NC(=O)C1(O)CCCN(C(=O)OCC2c3ccccc3-c3ccccc32)C1. The van der Waals surface area contributed by atoms with Gasteiger partial charge in [0.05, 0.1) is 6.54 Å². The Morgan fingerprint density at radius 1 is 1.11 bits per heavy atom. The van der Waals surface area contributed by atoms with Gasteiger partial charge in [-0.05, 0) is 35.1 Å². The summed E-state index contributed by atoms with van der Waals surface area (Å²) < 4.78 is 5.58. The van der Waals surface area contributed by atoms with Crippen molar-refractivity contribution in [2.75, 3.05) is 19.7 Å². The summed E-state index contributed by atoms with van der Waals surface area (Å²) in [4.78, 5) is 25.4. The van der Waals surface area contributed by atoms with E-state index in [1.165, 1.54) is 4.90 Å². The largest absolute Gasteiger partial charge is 0.448 e. The van der Waals surface area contributed by atoms with Crippen LogP contribution in [0, 0.1) is 0 Å². The van der Waals surface area contributed by atoms with Crippen LogP contribution in [0.1, 0.15) is 29.9 Å². The number of primary amides is 1. The van der Waals surface area contributed by atoms with Gasteiger partial charge < -0.3 is 20.5 Å². The van der Waals surface area contributed by atoms with Gasteiger partial charge in [-0.3, -0.25) is 4.79 Å². The second kappa shape index (κ2) is 6.70. The molecular weight excluding hydrogens is 344 g/mol. The topological polar surface area (TPSA) is 92.9 Å². The molecule has 1 unspecified atom stereocenters. The van der Waals surface area contributed by atoms with E-state index < -0.39 is 17.6 Å². The second-order valence-electron chi connectivity index (χ2n) is 7.22. The van der Waals surface area contributed by atoms with Gasteiger partial charge in [0.2, 0.25) is 0 Å². The van der Waals surface area contributed by atoms with Crippen molar-refractivity contribution in [2.45, 2.75) is 24.4 Å². The maximum absolute atomic E-state index is 12.5. The fraction of sp³-hybridized carbons (Fsp3) is 0.333. The van der Waals surface area contributed by atoms with Gasteiger partial charge in [0.15, 0.2) is 5.60 Å². The Labute approximate surface area is 157 Å². The number of hydrogen-bond donors (Lipinski definition) is 2. The fourth-order valence-corrected chi connectivity index (χ4v) is 4.08. The number of likely N-dealkylation sites (tertiary alicyclic amines) is 1. The van der Waals surface area contributed by atoms with Crippen LogP contribution in [0.4, 0.5) is 4.79 Å². The molecule has 0 spiro atoms. The van der Waals surface area contributed by atoms with E-state index in [2.05, 4.69) is 24.3 Å². The molecule has 1 saturated heterocycles. The van der Waals surface area contributed by atoms with E-state index in [0.29, 0.717) is 13.0 Å². The number of carbonyl (C=O) groups is 2. The van der Waals surface area contributed by atoms with Crippen molar-refractivity contribution in [3.05, 3.63) is 59.7 Å². The van der Waals surface area contributed by atoms with Gasteiger partial charge in [0.1, 0.15) is 6.61 Å². The number of ether oxygens (including phenoxy) is 1. The molecule has 2 amide bonds. The molecule has 4 rings (SSSR count). The lowest BCUT2D eigenvalue weighted by Gasteiger charge is -2.36. The molecule has 140 valence electrons. The number of rotatable bonds is 3. The van der Waals surface area contributed by atoms with Crippen molar-refractivity contribution in [3.8, 4) is 11.1 Å². The molecule has 0 radical (unpaired) electrons. The molecule has 6 heteroatoms. The van der Waals surface area contributed by atoms with Crippen LogP contribution in [-0.2, 0) is 9.53 Å². The second-order valence-corrected chi connectivity index (χ2v) is 7.22. The van der Waals surface area contributed by atoms with Gasteiger partial charge in [-0.2, -0.15) is 0 Å². The Morgan fingerprint density at radius 2 is 1.70 bits per heavy atom. The number of nitrogens with two attached hydrogens (primary N) is 1. The Morgan fingerprint density at radius 3 is 2.30 bits per heavy atom. The first kappa shape index (κ1) is 17.5. The van der Waals surface area contributed by atoms with Crippen LogP contribution >= 0.6 is 0 Å². The highest BCUT2D eigenvalue weighted by molar-refractivity contribution is 5.84. The minimum atomic E-state index is -1.68. The van der Waals surface area contributed by atoms with Gasteiger partial charge in [0.25, 0.3) is 5.91 Å². The number of aliphatic hydroxyl groups is 1. The maximum atomic E-state index is 12.5. The van der Waals surface area contributed by atoms with E-state index in [4.69, 9.17) is 10.5 Å². The summed E-state index contributed by atoms with van der Waals surface area (Å²) in [5, 5.41) is 10.3. The summed E-state index contributed by atoms with van der Waals surface area (Å²) in [7, 11) is 0. The third-order valence-corrected chi connectivity index (χ3v) is 5.52. The minimum absolute atomic E-state index is 0.0267. The summed E-state index contributed by atoms with van der Waals surface area (Å²) in [5.74, 6) is -0.834. The molecule has 1 aliphatic carbocycles. The van der Waals surface area contributed by atoms with Crippen LogP contribution in [-0.4, -0.2) is 47.3 Å². The lowest BCUT2D eigenvalue weighted by molar-refractivity contribution is -0.141. The zero-order chi connectivity index (χ0) is 19.0. The first-order valence-corrected chi connectivity index (χ1v) is 9.12. The van der Waals surface area contributed by atoms with Crippen LogP contribution in [0.5, 0.6) is 0 Å². The number of β-amino-alcohol motifs (C(OH)–C–C–N with tert-alkyl or cyclic N) is 1. The Balaban J connectivity index is 1.49. The van der Waals surface area contributed by atoms with E-state index in [1.54, 1.807) is 0 Å². The van der Waals surface area contributed by atoms with Gasteiger partial charge in [-0.1, -0.05) is 48.5 Å². The Bertz CT molecular complexity index is 852. The molecule has 2 aliphatic rings. The summed E-state index contributed by atoms with van der Waals surface area (Å²) in [6.07, 6.45) is 0.232. The average molecular weight is 366 g/mol. The molecule has 1 atom stereocenters. The van der Waals surface area contributed by atoms with Gasteiger partial charge in [-0.15, -0.1) is 0 Å².